The lowest BCUT2D eigenvalue weighted by Gasteiger charge is -2.33. The topological polar surface area (TPSA) is 29.3 Å². The van der Waals surface area contributed by atoms with Gasteiger partial charge in [0, 0.05) is 22.3 Å². The molecule has 2 heterocycles. The third-order valence-corrected chi connectivity index (χ3v) is 5.98. The smallest absolute Gasteiger partial charge is 0.0591 e. The minimum Gasteiger partial charge on any atom is -0.326 e. The molecule has 0 radical (unpaired) electrons. The average Bonchev–Trinajstić information content (AvgIpc) is 2.97. The van der Waals surface area contributed by atoms with E-state index in [0.29, 0.717) is 11.5 Å². The van der Waals surface area contributed by atoms with Crippen LogP contribution in [0, 0.1) is 12.3 Å². The van der Waals surface area contributed by atoms with Crippen molar-refractivity contribution in [2.45, 2.75) is 59.0 Å². The Bertz CT molecular complexity index is 407. The van der Waals surface area contributed by atoms with Crippen LogP contribution in [-0.2, 0) is 0 Å². The van der Waals surface area contributed by atoms with Crippen LogP contribution in [-0.4, -0.2) is 24.0 Å². The second-order valence-corrected chi connectivity index (χ2v) is 7.50. The third kappa shape index (κ3) is 3.04. The van der Waals surface area contributed by atoms with Gasteiger partial charge in [-0.3, -0.25) is 4.90 Å². The molecule has 2 N–H and O–H groups in total. The first-order chi connectivity index (χ1) is 9.01. The number of likely N-dealkylation sites (tertiary alicyclic amines) is 1. The van der Waals surface area contributed by atoms with Gasteiger partial charge in [-0.25, -0.2) is 0 Å². The van der Waals surface area contributed by atoms with Gasteiger partial charge in [0.25, 0.3) is 0 Å². The van der Waals surface area contributed by atoms with Gasteiger partial charge in [0.05, 0.1) is 6.04 Å². The van der Waals surface area contributed by atoms with Gasteiger partial charge in [0.15, 0.2) is 0 Å². The number of rotatable bonds is 5. The van der Waals surface area contributed by atoms with Gasteiger partial charge >= 0.3 is 0 Å². The molecule has 1 aliphatic rings. The fraction of sp³-hybridized carbons (Fsp3) is 0.750. The number of nitrogens with zero attached hydrogens (tertiary/aromatic N) is 1. The molecule has 2 unspecified atom stereocenters. The minimum absolute atomic E-state index is 0.197. The summed E-state index contributed by atoms with van der Waals surface area (Å²) in [5.74, 6) is 0. The molecule has 0 spiro atoms. The lowest BCUT2D eigenvalue weighted by Crippen LogP contribution is -2.39. The zero-order valence-corrected chi connectivity index (χ0v) is 13.6. The van der Waals surface area contributed by atoms with Crippen molar-refractivity contribution in [2.75, 3.05) is 13.1 Å². The van der Waals surface area contributed by atoms with E-state index in [2.05, 4.69) is 44.7 Å². The first-order valence-electron chi connectivity index (χ1n) is 7.57. The maximum Gasteiger partial charge on any atom is 0.0591 e. The molecule has 19 heavy (non-hydrogen) atoms. The van der Waals surface area contributed by atoms with E-state index in [-0.39, 0.29) is 6.04 Å². The SMILES string of the molecule is CCC1(CC)CCN(C(c2ccc(C)s2)C(C)N)C1. The molecule has 1 saturated heterocycles. The van der Waals surface area contributed by atoms with Crippen molar-refractivity contribution in [3.63, 3.8) is 0 Å². The fourth-order valence-electron chi connectivity index (χ4n) is 3.42. The molecule has 0 aromatic carbocycles. The zero-order valence-electron chi connectivity index (χ0n) is 12.8. The second kappa shape index (κ2) is 5.94. The van der Waals surface area contributed by atoms with E-state index in [9.17, 15) is 0 Å². The maximum atomic E-state index is 6.29. The first kappa shape index (κ1) is 15.0. The Morgan fingerprint density at radius 1 is 1.37 bits per heavy atom. The Balaban J connectivity index is 2.18. The van der Waals surface area contributed by atoms with E-state index in [4.69, 9.17) is 5.73 Å². The van der Waals surface area contributed by atoms with Gasteiger partial charge in [-0.15, -0.1) is 11.3 Å². The highest BCUT2D eigenvalue weighted by Gasteiger charge is 2.39. The van der Waals surface area contributed by atoms with Crippen molar-refractivity contribution in [1.29, 1.82) is 0 Å². The van der Waals surface area contributed by atoms with Crippen LogP contribution < -0.4 is 5.73 Å². The minimum atomic E-state index is 0.197. The second-order valence-electron chi connectivity index (χ2n) is 6.18. The van der Waals surface area contributed by atoms with E-state index >= 15 is 0 Å². The van der Waals surface area contributed by atoms with Crippen molar-refractivity contribution in [1.82, 2.24) is 4.90 Å². The van der Waals surface area contributed by atoms with Crippen LogP contribution in [0.25, 0.3) is 0 Å². The summed E-state index contributed by atoms with van der Waals surface area (Å²) in [6.07, 6.45) is 3.90. The molecule has 0 amide bonds. The van der Waals surface area contributed by atoms with Crippen LogP contribution in [0.5, 0.6) is 0 Å². The Kier molecular flexibility index (Phi) is 4.70. The number of nitrogens with two attached hydrogens (primary N) is 1. The van der Waals surface area contributed by atoms with Crippen LogP contribution in [0.1, 0.15) is 55.8 Å². The van der Waals surface area contributed by atoms with Crippen LogP contribution in [0.4, 0.5) is 0 Å². The van der Waals surface area contributed by atoms with Crippen molar-refractivity contribution in [3.05, 3.63) is 21.9 Å². The Morgan fingerprint density at radius 2 is 2.05 bits per heavy atom. The summed E-state index contributed by atoms with van der Waals surface area (Å²) >= 11 is 1.90. The van der Waals surface area contributed by atoms with Gasteiger partial charge < -0.3 is 5.73 Å². The van der Waals surface area contributed by atoms with Gasteiger partial charge in [0.1, 0.15) is 0 Å². The molecule has 2 rings (SSSR count). The summed E-state index contributed by atoms with van der Waals surface area (Å²) in [6.45, 7) is 11.4. The average molecular weight is 280 g/mol. The predicted octanol–water partition coefficient (Wildman–Crippen LogP) is 3.96. The van der Waals surface area contributed by atoms with E-state index in [1.165, 1.54) is 42.1 Å². The Morgan fingerprint density at radius 3 is 2.47 bits per heavy atom. The fourth-order valence-corrected chi connectivity index (χ4v) is 4.55. The lowest BCUT2D eigenvalue weighted by molar-refractivity contribution is 0.180. The van der Waals surface area contributed by atoms with Crippen LogP contribution in [0.15, 0.2) is 12.1 Å². The molecule has 1 aliphatic heterocycles. The van der Waals surface area contributed by atoms with E-state index < -0.39 is 0 Å². The first-order valence-corrected chi connectivity index (χ1v) is 8.39. The summed E-state index contributed by atoms with van der Waals surface area (Å²) in [5, 5.41) is 0. The van der Waals surface area contributed by atoms with Gasteiger partial charge in [-0.05, 0) is 57.2 Å². The number of hydrogen-bond donors (Lipinski definition) is 1. The molecule has 1 aromatic rings. The van der Waals surface area contributed by atoms with Crippen LogP contribution in [0.3, 0.4) is 0 Å². The summed E-state index contributed by atoms with van der Waals surface area (Å²) in [6, 6.07) is 5.09. The normalized spacial score (nSPS) is 22.6. The maximum absolute atomic E-state index is 6.29. The van der Waals surface area contributed by atoms with E-state index in [1.54, 1.807) is 0 Å². The van der Waals surface area contributed by atoms with Gasteiger partial charge in [-0.2, -0.15) is 0 Å². The van der Waals surface area contributed by atoms with Crippen molar-refractivity contribution < 1.29 is 0 Å². The molecule has 0 bridgehead atoms. The zero-order chi connectivity index (χ0) is 14.0. The highest BCUT2D eigenvalue weighted by atomic mass is 32.1. The van der Waals surface area contributed by atoms with Crippen molar-refractivity contribution >= 4 is 11.3 Å². The Labute approximate surface area is 122 Å². The third-order valence-electron chi connectivity index (χ3n) is 4.91. The molecule has 0 aliphatic carbocycles. The van der Waals surface area contributed by atoms with Gasteiger partial charge in [-0.1, -0.05) is 13.8 Å². The number of hydrogen-bond acceptors (Lipinski definition) is 3. The summed E-state index contributed by atoms with van der Waals surface area (Å²) < 4.78 is 0. The quantitative estimate of drug-likeness (QED) is 0.884. The van der Waals surface area contributed by atoms with Gasteiger partial charge in [0.2, 0.25) is 0 Å². The summed E-state index contributed by atoms with van der Waals surface area (Å²) in [5.41, 5.74) is 6.82. The standard InChI is InChI=1S/C16H28N2S/c1-5-16(6-2)9-10-18(11-16)15(13(4)17)14-8-7-12(3)19-14/h7-8,13,15H,5-6,9-11,17H2,1-4H3. The molecule has 2 nitrogen and oxygen atoms in total. The highest BCUT2D eigenvalue weighted by molar-refractivity contribution is 7.12. The van der Waals surface area contributed by atoms with E-state index in [1.807, 2.05) is 11.3 Å². The molecular weight excluding hydrogens is 252 g/mol. The largest absolute Gasteiger partial charge is 0.326 e. The summed E-state index contributed by atoms with van der Waals surface area (Å²) in [7, 11) is 0. The highest BCUT2D eigenvalue weighted by Crippen LogP contribution is 2.42. The number of thiophene rings is 1. The lowest BCUT2D eigenvalue weighted by atomic mass is 9.82. The molecule has 1 aromatic heterocycles. The number of aryl methyl sites for hydroxylation is 1. The molecule has 3 heteroatoms. The molecule has 0 saturated carbocycles. The van der Waals surface area contributed by atoms with Crippen LogP contribution >= 0.6 is 11.3 Å². The monoisotopic (exact) mass is 280 g/mol. The van der Waals surface area contributed by atoms with Crippen molar-refractivity contribution in [2.24, 2.45) is 11.1 Å². The molecule has 2 atom stereocenters. The Hall–Kier alpha value is -0.380. The molecule has 1 fully saturated rings. The predicted molar refractivity (Wildman–Crippen MR) is 84.7 cm³/mol. The summed E-state index contributed by atoms with van der Waals surface area (Å²) in [4.78, 5) is 5.45. The van der Waals surface area contributed by atoms with Crippen molar-refractivity contribution in [3.8, 4) is 0 Å². The van der Waals surface area contributed by atoms with E-state index in [0.717, 1.165) is 0 Å². The molecule has 108 valence electrons. The van der Waals surface area contributed by atoms with Crippen LogP contribution in [0.2, 0.25) is 0 Å². The molecular formula is C16H28N2S.